The molecular weight excluding hydrogens is 186 g/mol. The second-order valence-electron chi connectivity index (χ2n) is 4.76. The van der Waals surface area contributed by atoms with Gasteiger partial charge in [-0.05, 0) is 31.6 Å². The van der Waals surface area contributed by atoms with E-state index in [9.17, 15) is 0 Å². The first-order valence-electron chi connectivity index (χ1n) is 5.98. The first-order chi connectivity index (χ1) is 7.19. The van der Waals surface area contributed by atoms with E-state index in [2.05, 4.69) is 30.3 Å². The number of hydrogen-bond donors (Lipinski definition) is 1. The van der Waals surface area contributed by atoms with Gasteiger partial charge >= 0.3 is 0 Å². The minimum Gasteiger partial charge on any atom is -0.368 e. The molecule has 1 heterocycles. The van der Waals surface area contributed by atoms with Crippen LogP contribution in [-0.4, -0.2) is 15.8 Å². The highest BCUT2D eigenvalue weighted by Crippen LogP contribution is 2.27. The van der Waals surface area contributed by atoms with Crippen molar-refractivity contribution in [3.8, 4) is 0 Å². The monoisotopic (exact) mass is 207 g/mol. The minimum atomic E-state index is 0.653. The highest BCUT2D eigenvalue weighted by atomic mass is 15.3. The predicted molar refractivity (Wildman–Crippen MR) is 63.0 cm³/mol. The van der Waals surface area contributed by atoms with E-state index in [1.54, 1.807) is 0 Å². The molecule has 0 bridgehead atoms. The van der Waals surface area contributed by atoms with E-state index >= 15 is 0 Å². The molecule has 1 fully saturated rings. The summed E-state index contributed by atoms with van der Waals surface area (Å²) in [6, 6.07) is 2.82. The van der Waals surface area contributed by atoms with Crippen LogP contribution in [0.1, 0.15) is 38.8 Å². The molecule has 1 saturated carbocycles. The highest BCUT2D eigenvalue weighted by molar-refractivity contribution is 5.38. The van der Waals surface area contributed by atoms with Gasteiger partial charge in [0.15, 0.2) is 0 Å². The Morgan fingerprint density at radius 3 is 2.87 bits per heavy atom. The van der Waals surface area contributed by atoms with Gasteiger partial charge < -0.3 is 5.32 Å². The molecule has 0 aromatic carbocycles. The predicted octanol–water partition coefficient (Wildman–Crippen LogP) is 2.58. The lowest BCUT2D eigenvalue weighted by molar-refractivity contribution is 0.600. The standard InChI is InChI=1S/C12H21N3/c1-4-10-8-12(15(3)14-10)13-11-6-5-9(2)7-11/h8-9,11,13H,4-7H2,1-3H3. The molecule has 0 saturated heterocycles. The molecule has 2 unspecified atom stereocenters. The topological polar surface area (TPSA) is 29.9 Å². The largest absolute Gasteiger partial charge is 0.368 e. The van der Waals surface area contributed by atoms with Crippen LogP contribution in [0.3, 0.4) is 0 Å². The Hall–Kier alpha value is -0.990. The van der Waals surface area contributed by atoms with Crippen molar-refractivity contribution in [3.05, 3.63) is 11.8 Å². The number of aryl methyl sites for hydroxylation is 2. The van der Waals surface area contributed by atoms with Crippen LogP contribution in [0.2, 0.25) is 0 Å². The van der Waals surface area contributed by atoms with Crippen LogP contribution in [0.25, 0.3) is 0 Å². The lowest BCUT2D eigenvalue weighted by Gasteiger charge is -2.13. The summed E-state index contributed by atoms with van der Waals surface area (Å²) in [5, 5.41) is 8.04. The van der Waals surface area contributed by atoms with Crippen molar-refractivity contribution in [2.75, 3.05) is 5.32 Å². The molecule has 3 heteroatoms. The summed E-state index contributed by atoms with van der Waals surface area (Å²) in [6.07, 6.45) is 4.97. The van der Waals surface area contributed by atoms with Crippen molar-refractivity contribution in [1.29, 1.82) is 0 Å². The maximum absolute atomic E-state index is 4.44. The molecule has 0 radical (unpaired) electrons. The number of anilines is 1. The molecule has 84 valence electrons. The smallest absolute Gasteiger partial charge is 0.124 e. The maximum Gasteiger partial charge on any atom is 0.124 e. The van der Waals surface area contributed by atoms with Crippen molar-refractivity contribution < 1.29 is 0 Å². The van der Waals surface area contributed by atoms with Gasteiger partial charge in [0.2, 0.25) is 0 Å². The zero-order chi connectivity index (χ0) is 10.8. The Balaban J connectivity index is 2.00. The molecule has 1 aliphatic rings. The summed E-state index contributed by atoms with van der Waals surface area (Å²) in [5.41, 5.74) is 1.17. The summed E-state index contributed by atoms with van der Waals surface area (Å²) in [4.78, 5) is 0. The van der Waals surface area contributed by atoms with Gasteiger partial charge in [-0.2, -0.15) is 5.10 Å². The quantitative estimate of drug-likeness (QED) is 0.825. The zero-order valence-electron chi connectivity index (χ0n) is 9.95. The normalized spacial score (nSPS) is 25.8. The van der Waals surface area contributed by atoms with Gasteiger partial charge in [0, 0.05) is 19.2 Å². The van der Waals surface area contributed by atoms with Crippen molar-refractivity contribution >= 4 is 5.82 Å². The second-order valence-corrected chi connectivity index (χ2v) is 4.76. The minimum absolute atomic E-state index is 0.653. The lowest BCUT2D eigenvalue weighted by Crippen LogP contribution is -2.17. The molecule has 0 aliphatic heterocycles. The molecule has 2 atom stereocenters. The highest BCUT2D eigenvalue weighted by Gasteiger charge is 2.21. The van der Waals surface area contributed by atoms with E-state index in [0.29, 0.717) is 6.04 Å². The van der Waals surface area contributed by atoms with Crippen LogP contribution in [0, 0.1) is 5.92 Å². The molecule has 0 amide bonds. The number of aromatic nitrogens is 2. The van der Waals surface area contributed by atoms with E-state index in [1.165, 1.54) is 30.8 Å². The fourth-order valence-corrected chi connectivity index (χ4v) is 2.38. The lowest BCUT2D eigenvalue weighted by atomic mass is 10.1. The van der Waals surface area contributed by atoms with Crippen LogP contribution in [0.15, 0.2) is 6.07 Å². The molecule has 1 aromatic heterocycles. The van der Waals surface area contributed by atoms with Gasteiger partial charge in [-0.15, -0.1) is 0 Å². The Morgan fingerprint density at radius 2 is 2.33 bits per heavy atom. The van der Waals surface area contributed by atoms with Gasteiger partial charge in [-0.1, -0.05) is 13.8 Å². The number of rotatable bonds is 3. The Morgan fingerprint density at radius 1 is 1.53 bits per heavy atom. The summed E-state index contributed by atoms with van der Waals surface area (Å²) in [6.45, 7) is 4.48. The van der Waals surface area contributed by atoms with Gasteiger partial charge in [-0.3, -0.25) is 4.68 Å². The van der Waals surface area contributed by atoms with Crippen molar-refractivity contribution in [1.82, 2.24) is 9.78 Å². The van der Waals surface area contributed by atoms with Crippen molar-refractivity contribution in [2.24, 2.45) is 13.0 Å². The summed E-state index contributed by atoms with van der Waals surface area (Å²) in [5.74, 6) is 2.05. The molecule has 0 spiro atoms. The number of nitrogens with one attached hydrogen (secondary N) is 1. The van der Waals surface area contributed by atoms with Gasteiger partial charge in [-0.25, -0.2) is 0 Å². The van der Waals surface area contributed by atoms with E-state index in [-0.39, 0.29) is 0 Å². The number of hydrogen-bond acceptors (Lipinski definition) is 2. The molecule has 15 heavy (non-hydrogen) atoms. The fourth-order valence-electron chi connectivity index (χ4n) is 2.38. The van der Waals surface area contributed by atoms with Crippen LogP contribution >= 0.6 is 0 Å². The van der Waals surface area contributed by atoms with Crippen LogP contribution in [-0.2, 0) is 13.5 Å². The fraction of sp³-hybridized carbons (Fsp3) is 0.750. The third-order valence-electron chi connectivity index (χ3n) is 3.34. The van der Waals surface area contributed by atoms with E-state index in [4.69, 9.17) is 0 Å². The summed E-state index contributed by atoms with van der Waals surface area (Å²) < 4.78 is 1.96. The Bertz CT molecular complexity index is 330. The SMILES string of the molecule is CCc1cc(NC2CCC(C)C2)n(C)n1. The molecule has 1 N–H and O–H groups in total. The number of nitrogens with zero attached hydrogens (tertiary/aromatic N) is 2. The Labute approximate surface area is 91.9 Å². The molecular formula is C12H21N3. The summed E-state index contributed by atoms with van der Waals surface area (Å²) in [7, 11) is 2.01. The average molecular weight is 207 g/mol. The van der Waals surface area contributed by atoms with E-state index in [0.717, 1.165) is 12.3 Å². The average Bonchev–Trinajstić information content (AvgIpc) is 2.75. The first-order valence-corrected chi connectivity index (χ1v) is 5.98. The first kappa shape index (κ1) is 10.5. The molecule has 1 aliphatic carbocycles. The van der Waals surface area contributed by atoms with E-state index < -0.39 is 0 Å². The molecule has 3 nitrogen and oxygen atoms in total. The third kappa shape index (κ3) is 2.33. The van der Waals surface area contributed by atoms with E-state index in [1.807, 2.05) is 11.7 Å². The third-order valence-corrected chi connectivity index (χ3v) is 3.34. The van der Waals surface area contributed by atoms with Crippen molar-refractivity contribution in [2.45, 2.75) is 45.6 Å². The van der Waals surface area contributed by atoms with Crippen LogP contribution < -0.4 is 5.32 Å². The Kier molecular flexibility index (Phi) is 2.98. The second kappa shape index (κ2) is 4.25. The maximum atomic E-state index is 4.44. The van der Waals surface area contributed by atoms with Crippen molar-refractivity contribution in [3.63, 3.8) is 0 Å². The van der Waals surface area contributed by atoms with Crippen LogP contribution in [0.4, 0.5) is 5.82 Å². The van der Waals surface area contributed by atoms with Gasteiger partial charge in [0.05, 0.1) is 5.69 Å². The zero-order valence-corrected chi connectivity index (χ0v) is 9.95. The van der Waals surface area contributed by atoms with Gasteiger partial charge in [0.1, 0.15) is 5.82 Å². The molecule has 1 aromatic rings. The van der Waals surface area contributed by atoms with Crippen LogP contribution in [0.5, 0.6) is 0 Å². The summed E-state index contributed by atoms with van der Waals surface area (Å²) >= 11 is 0. The van der Waals surface area contributed by atoms with Gasteiger partial charge in [0.25, 0.3) is 0 Å². The molecule has 2 rings (SSSR count).